The van der Waals surface area contributed by atoms with E-state index in [1.807, 2.05) is 36.5 Å². The maximum absolute atomic E-state index is 6.40. The van der Waals surface area contributed by atoms with Crippen LogP contribution in [0.2, 0.25) is 0 Å². The number of hydrogen-bond acceptors (Lipinski definition) is 2. The molecule has 0 aliphatic heterocycles. The Balaban J connectivity index is 1.47. The van der Waals surface area contributed by atoms with Crippen LogP contribution in [0.15, 0.2) is 114 Å². The average Bonchev–Trinajstić information content (AvgIpc) is 3.22. The van der Waals surface area contributed by atoms with Gasteiger partial charge in [-0.1, -0.05) is 85.2 Å². The van der Waals surface area contributed by atoms with Gasteiger partial charge in [0.05, 0.1) is 11.0 Å². The highest BCUT2D eigenvalue weighted by Crippen LogP contribution is 2.37. The highest BCUT2D eigenvalue weighted by atomic mass is 79.9. The molecule has 0 saturated heterocycles. The predicted molar refractivity (Wildman–Crippen MR) is 157 cm³/mol. The van der Waals surface area contributed by atoms with Crippen LogP contribution >= 0.6 is 15.9 Å². The molecular formula is C33H27BrN2O. The molecule has 3 nitrogen and oxygen atoms in total. The number of pyridine rings is 1. The van der Waals surface area contributed by atoms with E-state index in [-0.39, 0.29) is 5.41 Å². The van der Waals surface area contributed by atoms with Crippen LogP contribution in [0, 0.1) is 0 Å². The number of aromatic nitrogens is 2. The molecule has 2 heterocycles. The number of hydrogen-bond donors (Lipinski definition) is 0. The van der Waals surface area contributed by atoms with Crippen LogP contribution in [-0.2, 0) is 5.41 Å². The van der Waals surface area contributed by atoms with Crippen LogP contribution in [0.1, 0.15) is 26.3 Å². The molecule has 4 heteroatoms. The minimum atomic E-state index is 0.0312. The molecule has 0 N–H and O–H groups in total. The van der Waals surface area contributed by atoms with E-state index in [4.69, 9.17) is 9.72 Å². The lowest BCUT2D eigenvalue weighted by Gasteiger charge is -2.20. The van der Waals surface area contributed by atoms with Gasteiger partial charge in [0, 0.05) is 27.5 Å². The van der Waals surface area contributed by atoms with Gasteiger partial charge in [-0.15, -0.1) is 0 Å². The van der Waals surface area contributed by atoms with Crippen molar-refractivity contribution < 1.29 is 4.74 Å². The van der Waals surface area contributed by atoms with Gasteiger partial charge in [0.15, 0.2) is 0 Å². The summed E-state index contributed by atoms with van der Waals surface area (Å²) in [5.74, 6) is 2.49. The van der Waals surface area contributed by atoms with Gasteiger partial charge in [-0.05, 0) is 70.6 Å². The van der Waals surface area contributed by atoms with E-state index in [2.05, 4.69) is 114 Å². The summed E-state index contributed by atoms with van der Waals surface area (Å²) in [6.07, 6.45) is 1.91. The molecule has 37 heavy (non-hydrogen) atoms. The van der Waals surface area contributed by atoms with Crippen molar-refractivity contribution in [1.29, 1.82) is 0 Å². The molecule has 182 valence electrons. The van der Waals surface area contributed by atoms with E-state index in [1.165, 1.54) is 16.3 Å². The van der Waals surface area contributed by atoms with E-state index in [0.29, 0.717) is 0 Å². The van der Waals surface area contributed by atoms with Crippen LogP contribution in [0.4, 0.5) is 0 Å². The highest BCUT2D eigenvalue weighted by molar-refractivity contribution is 9.10. The summed E-state index contributed by atoms with van der Waals surface area (Å²) >= 11 is 3.67. The Morgan fingerprint density at radius 3 is 2.30 bits per heavy atom. The van der Waals surface area contributed by atoms with Gasteiger partial charge >= 0.3 is 0 Å². The molecule has 4 aromatic carbocycles. The van der Waals surface area contributed by atoms with Crippen LogP contribution in [0.25, 0.3) is 38.8 Å². The third-order valence-corrected chi connectivity index (χ3v) is 7.43. The monoisotopic (exact) mass is 546 g/mol. The molecule has 0 atom stereocenters. The van der Waals surface area contributed by atoms with Gasteiger partial charge in [-0.2, -0.15) is 0 Å². The number of nitrogens with zero attached hydrogens (tertiary/aromatic N) is 2. The zero-order chi connectivity index (χ0) is 25.6. The van der Waals surface area contributed by atoms with Crippen LogP contribution in [0.3, 0.4) is 0 Å². The van der Waals surface area contributed by atoms with Gasteiger partial charge in [-0.25, -0.2) is 4.98 Å². The van der Waals surface area contributed by atoms with E-state index >= 15 is 0 Å². The SMILES string of the molecule is CC(C)(C)c1ccnc(-n2c3ccccc3c3ccc(Oc4cccc(-c5ccccc5Br)c4)cc32)c1. The predicted octanol–water partition coefficient (Wildman–Crippen LogP) is 9.70. The maximum Gasteiger partial charge on any atom is 0.137 e. The number of fused-ring (bicyclic) bond motifs is 3. The lowest BCUT2D eigenvalue weighted by Crippen LogP contribution is -2.12. The molecule has 6 aromatic rings. The third kappa shape index (κ3) is 4.42. The number of ether oxygens (including phenoxy) is 1. The number of rotatable bonds is 4. The molecule has 0 fully saturated rings. The molecule has 0 amide bonds. The Labute approximate surface area is 225 Å². The lowest BCUT2D eigenvalue weighted by molar-refractivity contribution is 0.483. The Morgan fingerprint density at radius 2 is 1.46 bits per heavy atom. The Kier molecular flexibility index (Phi) is 5.85. The summed E-state index contributed by atoms with van der Waals surface area (Å²) in [5, 5.41) is 2.37. The second-order valence-electron chi connectivity index (χ2n) is 10.3. The Bertz CT molecular complexity index is 1760. The number of para-hydroxylation sites is 1. The molecule has 0 radical (unpaired) electrons. The molecule has 0 aliphatic carbocycles. The summed E-state index contributed by atoms with van der Waals surface area (Å²) in [6.45, 7) is 6.68. The van der Waals surface area contributed by atoms with Crippen molar-refractivity contribution >= 4 is 37.7 Å². The summed E-state index contributed by atoms with van der Waals surface area (Å²) in [6, 6.07) is 35.5. The largest absolute Gasteiger partial charge is 0.457 e. The molecule has 2 aromatic heterocycles. The molecule has 0 saturated carbocycles. The fourth-order valence-corrected chi connectivity index (χ4v) is 5.34. The first-order valence-corrected chi connectivity index (χ1v) is 13.2. The fraction of sp³-hybridized carbons (Fsp3) is 0.121. The van der Waals surface area contributed by atoms with Crippen molar-refractivity contribution in [3.8, 4) is 28.4 Å². The average molecular weight is 547 g/mol. The van der Waals surface area contributed by atoms with E-state index in [0.717, 1.165) is 43.9 Å². The first kappa shape index (κ1) is 23.5. The molecule has 6 rings (SSSR count). The van der Waals surface area contributed by atoms with Crippen LogP contribution in [-0.4, -0.2) is 9.55 Å². The van der Waals surface area contributed by atoms with Crippen molar-refractivity contribution in [3.05, 3.63) is 119 Å². The van der Waals surface area contributed by atoms with Crippen LogP contribution in [0.5, 0.6) is 11.5 Å². The number of halogens is 1. The van der Waals surface area contributed by atoms with Gasteiger partial charge < -0.3 is 4.74 Å². The van der Waals surface area contributed by atoms with Crippen molar-refractivity contribution in [2.75, 3.05) is 0 Å². The minimum absolute atomic E-state index is 0.0312. The topological polar surface area (TPSA) is 27.1 Å². The first-order chi connectivity index (χ1) is 17.9. The Morgan fingerprint density at radius 1 is 0.703 bits per heavy atom. The molecular weight excluding hydrogens is 520 g/mol. The third-order valence-electron chi connectivity index (χ3n) is 6.74. The second kappa shape index (κ2) is 9.20. The standard InChI is InChI=1S/C33H27BrN2O/c1-33(2,3)23-17-18-35-32(20-23)36-30-14-7-5-12-27(30)28-16-15-25(21-31(28)36)37-24-10-8-9-22(19-24)26-11-4-6-13-29(26)34/h4-21H,1-3H3. The maximum atomic E-state index is 6.40. The quantitative estimate of drug-likeness (QED) is 0.220. The van der Waals surface area contributed by atoms with Crippen molar-refractivity contribution in [2.45, 2.75) is 26.2 Å². The zero-order valence-corrected chi connectivity index (χ0v) is 22.7. The molecule has 0 spiro atoms. The van der Waals surface area contributed by atoms with Crippen LogP contribution < -0.4 is 4.74 Å². The van der Waals surface area contributed by atoms with E-state index in [1.54, 1.807) is 0 Å². The summed E-state index contributed by atoms with van der Waals surface area (Å²) < 4.78 is 9.70. The lowest BCUT2D eigenvalue weighted by atomic mass is 9.88. The van der Waals surface area contributed by atoms with E-state index in [9.17, 15) is 0 Å². The van der Waals surface area contributed by atoms with Gasteiger partial charge in [0.2, 0.25) is 0 Å². The van der Waals surface area contributed by atoms with E-state index < -0.39 is 0 Å². The summed E-state index contributed by atoms with van der Waals surface area (Å²) in [5.41, 5.74) is 5.71. The minimum Gasteiger partial charge on any atom is -0.457 e. The summed E-state index contributed by atoms with van der Waals surface area (Å²) in [7, 11) is 0. The summed E-state index contributed by atoms with van der Waals surface area (Å²) in [4.78, 5) is 4.78. The molecule has 0 unspecified atom stereocenters. The van der Waals surface area contributed by atoms with Gasteiger partial charge in [-0.3, -0.25) is 4.57 Å². The van der Waals surface area contributed by atoms with Crippen molar-refractivity contribution in [2.24, 2.45) is 0 Å². The zero-order valence-electron chi connectivity index (χ0n) is 21.1. The fourth-order valence-electron chi connectivity index (χ4n) is 4.83. The molecule has 0 bridgehead atoms. The second-order valence-corrected chi connectivity index (χ2v) is 11.1. The van der Waals surface area contributed by atoms with Crippen molar-refractivity contribution in [1.82, 2.24) is 9.55 Å². The number of benzene rings is 4. The highest BCUT2D eigenvalue weighted by Gasteiger charge is 2.18. The normalized spacial score (nSPS) is 11.8. The van der Waals surface area contributed by atoms with Gasteiger partial charge in [0.25, 0.3) is 0 Å². The Hall–Kier alpha value is -3.89. The first-order valence-electron chi connectivity index (χ1n) is 12.4. The van der Waals surface area contributed by atoms with Gasteiger partial charge in [0.1, 0.15) is 17.3 Å². The smallest absolute Gasteiger partial charge is 0.137 e. The molecule has 0 aliphatic rings. The van der Waals surface area contributed by atoms with Crippen molar-refractivity contribution in [3.63, 3.8) is 0 Å².